The first-order valence-corrected chi connectivity index (χ1v) is 16.0. The molecule has 2 aliphatic rings. The van der Waals surface area contributed by atoms with E-state index in [9.17, 15) is 24.0 Å². The molecule has 0 saturated carbocycles. The second-order valence-corrected chi connectivity index (χ2v) is 11.8. The lowest BCUT2D eigenvalue weighted by molar-refractivity contribution is -0.345. The van der Waals surface area contributed by atoms with Crippen LogP contribution in [0.25, 0.3) is 0 Å². The maximum absolute atomic E-state index is 13.6. The molecule has 50 heavy (non-hydrogen) atoms. The summed E-state index contributed by atoms with van der Waals surface area (Å²) in [4.78, 5) is 62.7. The molecule has 2 aromatic carbocycles. The summed E-state index contributed by atoms with van der Waals surface area (Å²) < 4.78 is 53.2. The third-order valence-electron chi connectivity index (χ3n) is 7.82. The number of methoxy groups -OCH3 is 1. The van der Waals surface area contributed by atoms with Gasteiger partial charge in [-0.25, -0.2) is 4.79 Å². The van der Waals surface area contributed by atoms with Crippen LogP contribution in [0.2, 0.25) is 0 Å². The van der Waals surface area contributed by atoms with Gasteiger partial charge in [0.1, 0.15) is 18.2 Å². The molecule has 2 aromatic rings. The number of hydrogen-bond donors (Lipinski definition) is 1. The number of amides is 1. The van der Waals surface area contributed by atoms with Gasteiger partial charge >= 0.3 is 23.9 Å². The summed E-state index contributed by atoms with van der Waals surface area (Å²) in [5.74, 6) is -3.48. The molecule has 272 valence electrons. The molecule has 1 amide bonds. The SMILES string of the molecule is CO[C@@H]1O[C@H](COCc2ccccc2)[C@@H](O[C@@H]2O[C@@H](C)[C@H](OC(C)=O)[C@@H](OC(C)=O)[C@H]2OC(C)=O)[C@H](OC(=O)c2ccccc2)[C@H]1NC(C)=O. The minimum absolute atomic E-state index is 0.129. The third-order valence-corrected chi connectivity index (χ3v) is 7.82. The zero-order chi connectivity index (χ0) is 36.4. The Kier molecular flexibility index (Phi) is 13.8. The second-order valence-electron chi connectivity index (χ2n) is 11.8. The fourth-order valence-electron chi connectivity index (χ4n) is 5.80. The summed E-state index contributed by atoms with van der Waals surface area (Å²) in [7, 11) is 1.36. The summed E-state index contributed by atoms with van der Waals surface area (Å²) >= 11 is 0. The van der Waals surface area contributed by atoms with Crippen LogP contribution in [0.3, 0.4) is 0 Å². The van der Waals surface area contributed by atoms with Gasteiger partial charge in [-0.1, -0.05) is 48.5 Å². The molecule has 10 atom stereocenters. The number of hydrogen-bond acceptors (Lipinski definition) is 14. The first-order chi connectivity index (χ1) is 23.9. The molecule has 4 rings (SSSR count). The second kappa shape index (κ2) is 18.0. The Hall–Kier alpha value is -4.41. The molecule has 15 nitrogen and oxygen atoms in total. The minimum atomic E-state index is -1.51. The monoisotopic (exact) mass is 701 g/mol. The number of rotatable bonds is 13. The van der Waals surface area contributed by atoms with Crippen LogP contribution >= 0.6 is 0 Å². The summed E-state index contributed by atoms with van der Waals surface area (Å²) in [6.45, 7) is 6.32. The molecule has 0 radical (unpaired) electrons. The van der Waals surface area contributed by atoms with Crippen molar-refractivity contribution < 1.29 is 66.6 Å². The Morgan fingerprint density at radius 3 is 1.84 bits per heavy atom. The molecule has 2 fully saturated rings. The Balaban J connectivity index is 1.76. The van der Waals surface area contributed by atoms with E-state index >= 15 is 0 Å². The van der Waals surface area contributed by atoms with Crippen LogP contribution in [-0.4, -0.2) is 105 Å². The maximum Gasteiger partial charge on any atom is 0.338 e. The van der Waals surface area contributed by atoms with E-state index in [0.29, 0.717) is 0 Å². The van der Waals surface area contributed by atoms with Crippen LogP contribution in [0.4, 0.5) is 0 Å². The van der Waals surface area contributed by atoms with Crippen molar-refractivity contribution in [2.75, 3.05) is 13.7 Å². The van der Waals surface area contributed by atoms with Crippen molar-refractivity contribution in [2.24, 2.45) is 0 Å². The first-order valence-electron chi connectivity index (χ1n) is 16.0. The highest BCUT2D eigenvalue weighted by atomic mass is 16.8. The van der Waals surface area contributed by atoms with Crippen molar-refractivity contribution in [3.63, 3.8) is 0 Å². The summed E-state index contributed by atoms with van der Waals surface area (Å²) in [5, 5.41) is 2.74. The van der Waals surface area contributed by atoms with Gasteiger partial charge in [-0.3, -0.25) is 19.2 Å². The lowest BCUT2D eigenvalue weighted by Gasteiger charge is -2.49. The lowest BCUT2D eigenvalue weighted by Crippen LogP contribution is -2.68. The highest BCUT2D eigenvalue weighted by Gasteiger charge is 2.56. The van der Waals surface area contributed by atoms with E-state index in [0.717, 1.165) is 19.4 Å². The van der Waals surface area contributed by atoms with Crippen molar-refractivity contribution in [1.29, 1.82) is 0 Å². The topological polar surface area (TPSA) is 180 Å². The molecule has 2 saturated heterocycles. The molecular weight excluding hydrogens is 658 g/mol. The van der Waals surface area contributed by atoms with Gasteiger partial charge < -0.3 is 47.9 Å². The van der Waals surface area contributed by atoms with Crippen LogP contribution in [0.5, 0.6) is 0 Å². The molecule has 2 aliphatic heterocycles. The van der Waals surface area contributed by atoms with Gasteiger partial charge in [0, 0.05) is 34.8 Å². The molecule has 0 aromatic heterocycles. The average molecular weight is 702 g/mol. The van der Waals surface area contributed by atoms with Gasteiger partial charge in [0.05, 0.1) is 24.9 Å². The van der Waals surface area contributed by atoms with Crippen molar-refractivity contribution in [1.82, 2.24) is 5.32 Å². The normalized spacial score (nSPS) is 29.2. The molecule has 0 aliphatic carbocycles. The van der Waals surface area contributed by atoms with Crippen LogP contribution < -0.4 is 5.32 Å². The smallest absolute Gasteiger partial charge is 0.338 e. The van der Waals surface area contributed by atoms with E-state index in [1.165, 1.54) is 21.0 Å². The highest BCUT2D eigenvalue weighted by Crippen LogP contribution is 2.34. The van der Waals surface area contributed by atoms with Gasteiger partial charge in [-0.15, -0.1) is 0 Å². The minimum Gasteiger partial charge on any atom is -0.456 e. The Labute approximate surface area is 289 Å². The Morgan fingerprint density at radius 2 is 1.26 bits per heavy atom. The van der Waals surface area contributed by atoms with Gasteiger partial charge in [0.2, 0.25) is 5.91 Å². The number of nitrogens with one attached hydrogen (secondary N) is 1. The maximum atomic E-state index is 13.6. The largest absolute Gasteiger partial charge is 0.456 e. The van der Waals surface area contributed by atoms with E-state index < -0.39 is 91.1 Å². The molecular formula is C35H43NO14. The lowest BCUT2D eigenvalue weighted by atomic mass is 9.94. The predicted molar refractivity (Wildman–Crippen MR) is 171 cm³/mol. The number of esters is 4. The van der Waals surface area contributed by atoms with Crippen molar-refractivity contribution in [2.45, 2.75) is 103 Å². The third kappa shape index (κ3) is 10.3. The summed E-state index contributed by atoms with van der Waals surface area (Å²) in [5.41, 5.74) is 1.08. The molecule has 2 heterocycles. The van der Waals surface area contributed by atoms with Gasteiger partial charge in [-0.2, -0.15) is 0 Å². The van der Waals surface area contributed by atoms with Gasteiger partial charge in [0.15, 0.2) is 37.0 Å². The standard InChI is InChI=1S/C35H43NO14/c1-19-28(45-21(3)38)31(46-22(4)39)32(47-23(5)40)35(44-19)50-29-26(18-43-17-24-13-9-7-10-14-24)48-34(42-6)27(36-20(2)37)30(29)49-33(41)25-15-11-8-12-16-25/h7-16,19,26-32,34-35H,17-18H2,1-6H3,(H,36,37)/t19-,26+,27+,28-,29+,30+,31+,32+,34+,35-/m0/s1. The number of ether oxygens (including phenoxy) is 9. The van der Waals surface area contributed by atoms with E-state index in [2.05, 4.69) is 5.32 Å². The van der Waals surface area contributed by atoms with Gasteiger partial charge in [0.25, 0.3) is 0 Å². The van der Waals surface area contributed by atoms with Crippen molar-refractivity contribution >= 4 is 29.8 Å². The van der Waals surface area contributed by atoms with Gasteiger partial charge in [-0.05, 0) is 24.6 Å². The van der Waals surface area contributed by atoms with Crippen molar-refractivity contribution in [3.05, 3.63) is 71.8 Å². The molecule has 0 bridgehead atoms. The summed E-state index contributed by atoms with van der Waals surface area (Å²) in [6.07, 6.45) is -11.3. The predicted octanol–water partition coefficient (Wildman–Crippen LogP) is 2.23. The highest BCUT2D eigenvalue weighted by molar-refractivity contribution is 5.89. The van der Waals surface area contributed by atoms with Crippen LogP contribution in [0.15, 0.2) is 60.7 Å². The molecule has 1 N–H and O–H groups in total. The van der Waals surface area contributed by atoms with E-state index in [-0.39, 0.29) is 18.8 Å². The zero-order valence-corrected chi connectivity index (χ0v) is 28.7. The van der Waals surface area contributed by atoms with Crippen LogP contribution in [0, 0.1) is 0 Å². The Bertz CT molecular complexity index is 1460. The number of carbonyl (C=O) groups excluding carboxylic acids is 5. The first kappa shape index (κ1) is 38.4. The molecule has 0 unspecified atom stereocenters. The van der Waals surface area contributed by atoms with E-state index in [1.807, 2.05) is 30.3 Å². The molecule has 15 heteroatoms. The Morgan fingerprint density at radius 1 is 0.680 bits per heavy atom. The number of benzene rings is 2. The quantitative estimate of drug-likeness (QED) is 0.237. The van der Waals surface area contributed by atoms with Crippen molar-refractivity contribution in [3.8, 4) is 0 Å². The average Bonchev–Trinajstić information content (AvgIpc) is 3.06. The van der Waals surface area contributed by atoms with E-state index in [4.69, 9.17) is 42.6 Å². The van der Waals surface area contributed by atoms with E-state index in [1.54, 1.807) is 37.3 Å². The summed E-state index contributed by atoms with van der Waals surface area (Å²) in [6, 6.07) is 16.4. The number of carbonyl (C=O) groups is 5. The fraction of sp³-hybridized carbons (Fsp3) is 0.514. The van der Waals surface area contributed by atoms with Crippen LogP contribution in [0.1, 0.15) is 50.5 Å². The van der Waals surface area contributed by atoms with Crippen LogP contribution in [-0.2, 0) is 68.4 Å². The fourth-order valence-corrected chi connectivity index (χ4v) is 5.80. The zero-order valence-electron chi connectivity index (χ0n) is 28.7. The molecule has 0 spiro atoms.